The van der Waals surface area contributed by atoms with Crippen molar-refractivity contribution < 1.29 is 21.1 Å². The zero-order chi connectivity index (χ0) is 33.2. The monoisotopic (exact) mass is 821 g/mol. The summed E-state index contributed by atoms with van der Waals surface area (Å²) in [6, 6.07) is 58.0. The zero-order valence-electron chi connectivity index (χ0n) is 28.1. The molecule has 6 aromatic carbocycles. The molecule has 0 saturated carbocycles. The van der Waals surface area contributed by atoms with Crippen LogP contribution in [0.4, 0.5) is 0 Å². The molecule has 0 N–H and O–H groups in total. The van der Waals surface area contributed by atoms with E-state index in [1.165, 1.54) is 33.2 Å². The van der Waals surface area contributed by atoms with Crippen molar-refractivity contribution in [2.75, 3.05) is 0 Å². The van der Waals surface area contributed by atoms with Gasteiger partial charge >= 0.3 is 21.1 Å². The Morgan fingerprint density at radius 3 is 1.92 bits per heavy atom. The third-order valence-electron chi connectivity index (χ3n) is 10.1. The van der Waals surface area contributed by atoms with Gasteiger partial charge in [0.05, 0.1) is 0 Å². The molecule has 242 valence electrons. The Morgan fingerprint density at radius 2 is 1.18 bits per heavy atom. The van der Waals surface area contributed by atoms with E-state index in [0.29, 0.717) is 0 Å². The van der Waals surface area contributed by atoms with Crippen molar-refractivity contribution in [3.05, 3.63) is 192 Å². The van der Waals surface area contributed by atoms with Gasteiger partial charge in [0, 0.05) is 17.8 Å². The summed E-state index contributed by atoms with van der Waals surface area (Å²) in [5.74, 6) is 0. The van der Waals surface area contributed by atoms with Crippen LogP contribution in [0.2, 0.25) is 0 Å². The molecule has 9 rings (SSSR count). The first-order chi connectivity index (χ1) is 23.9. The summed E-state index contributed by atoms with van der Waals surface area (Å²) in [4.78, 5) is 9.89. The first kappa shape index (κ1) is 32.1. The Bertz CT molecular complexity index is 2510. The number of hydrogen-bond donors (Lipinski definition) is 0. The maximum atomic E-state index is 4.99. The van der Waals surface area contributed by atoms with Crippen molar-refractivity contribution in [1.29, 1.82) is 0 Å². The Balaban J connectivity index is 0.00000361. The van der Waals surface area contributed by atoms with E-state index in [2.05, 4.69) is 172 Å². The molecule has 50 heavy (non-hydrogen) atoms. The molecule has 1 aliphatic carbocycles. The first-order valence-electron chi connectivity index (χ1n) is 16.9. The SMILES string of the molecule is CC(C)(C)c1cc(-c2cc3ccccc3cn2)[c-]c(C2(c3[c-]c(-c4nccc5ccccc45)ccc3)c3ccccc3-c3ccccc32)c1.[Pt+2]. The second-order valence-electron chi connectivity index (χ2n) is 14.1. The molecule has 0 amide bonds. The van der Waals surface area contributed by atoms with E-state index in [4.69, 9.17) is 9.97 Å². The average Bonchev–Trinajstić information content (AvgIpc) is 3.45. The summed E-state index contributed by atoms with van der Waals surface area (Å²) in [5.41, 5.74) is 11.3. The van der Waals surface area contributed by atoms with Gasteiger partial charge in [0.2, 0.25) is 0 Å². The van der Waals surface area contributed by atoms with Crippen LogP contribution in [-0.4, -0.2) is 9.97 Å². The molecule has 0 radical (unpaired) electrons. The van der Waals surface area contributed by atoms with Crippen molar-refractivity contribution in [2.24, 2.45) is 0 Å². The van der Waals surface area contributed by atoms with Gasteiger partial charge in [-0.25, -0.2) is 0 Å². The van der Waals surface area contributed by atoms with E-state index in [9.17, 15) is 0 Å². The van der Waals surface area contributed by atoms with E-state index in [1.54, 1.807) is 0 Å². The van der Waals surface area contributed by atoms with E-state index >= 15 is 0 Å². The summed E-state index contributed by atoms with van der Waals surface area (Å²) < 4.78 is 0. The van der Waals surface area contributed by atoms with Crippen molar-refractivity contribution in [3.8, 4) is 33.6 Å². The standard InChI is InChI=1S/C47H34N2.Pt/c1-46(2,3)37-26-35(44-28-32-14-4-5-15-34(32)30-49-44)27-38(29-37)47(42-21-10-8-19-40(42)41-20-9-11-22-43(41)47)36-17-12-16-33(25-36)45-39-18-7-6-13-31(39)23-24-48-45;/h4-24,26,28-30H,1-3H3;/q-2;+2. The second kappa shape index (κ2) is 12.3. The van der Waals surface area contributed by atoms with E-state index < -0.39 is 5.41 Å². The molecule has 0 aliphatic heterocycles. The third kappa shape index (κ3) is 5.05. The number of rotatable bonds is 4. The number of benzene rings is 6. The van der Waals surface area contributed by atoms with Crippen LogP contribution in [0.25, 0.3) is 55.2 Å². The van der Waals surface area contributed by atoms with Crippen LogP contribution in [-0.2, 0) is 31.9 Å². The normalized spacial score (nSPS) is 13.1. The molecule has 0 spiro atoms. The number of pyridine rings is 2. The van der Waals surface area contributed by atoms with Gasteiger partial charge in [0.15, 0.2) is 0 Å². The topological polar surface area (TPSA) is 25.8 Å². The minimum atomic E-state index is -0.680. The fourth-order valence-corrected chi connectivity index (χ4v) is 7.69. The van der Waals surface area contributed by atoms with Crippen LogP contribution in [0.5, 0.6) is 0 Å². The molecule has 2 nitrogen and oxygen atoms in total. The quantitative estimate of drug-likeness (QED) is 0.165. The van der Waals surface area contributed by atoms with Gasteiger partial charge in [0.25, 0.3) is 0 Å². The maximum Gasteiger partial charge on any atom is 2.00 e. The van der Waals surface area contributed by atoms with Crippen LogP contribution >= 0.6 is 0 Å². The largest absolute Gasteiger partial charge is 2.00 e. The summed E-state index contributed by atoms with van der Waals surface area (Å²) in [6.07, 6.45) is 3.88. The van der Waals surface area contributed by atoms with Gasteiger partial charge in [-0.1, -0.05) is 124 Å². The number of hydrogen-bond acceptors (Lipinski definition) is 2. The average molecular weight is 822 g/mol. The molecule has 1 aliphatic rings. The van der Waals surface area contributed by atoms with Crippen LogP contribution in [0.3, 0.4) is 0 Å². The van der Waals surface area contributed by atoms with Crippen molar-refractivity contribution >= 4 is 21.5 Å². The Morgan fingerprint density at radius 1 is 0.540 bits per heavy atom. The van der Waals surface area contributed by atoms with Crippen molar-refractivity contribution in [3.63, 3.8) is 0 Å². The Labute approximate surface area is 308 Å². The molecule has 0 bridgehead atoms. The molecule has 2 heterocycles. The van der Waals surface area contributed by atoms with Crippen molar-refractivity contribution in [1.82, 2.24) is 9.97 Å². The number of aromatic nitrogens is 2. The minimum Gasteiger partial charge on any atom is -0.304 e. The van der Waals surface area contributed by atoms with Crippen molar-refractivity contribution in [2.45, 2.75) is 31.6 Å². The second-order valence-corrected chi connectivity index (χ2v) is 14.1. The number of nitrogens with zero attached hydrogens (tertiary/aromatic N) is 2. The fraction of sp³-hybridized carbons (Fsp3) is 0.106. The summed E-state index contributed by atoms with van der Waals surface area (Å²) in [5, 5.41) is 4.57. The van der Waals surface area contributed by atoms with E-state index in [-0.39, 0.29) is 26.5 Å². The van der Waals surface area contributed by atoms with Gasteiger partial charge in [-0.05, 0) is 66.7 Å². The molecular formula is C47H34N2Pt. The van der Waals surface area contributed by atoms with Crippen LogP contribution in [0, 0.1) is 12.1 Å². The van der Waals surface area contributed by atoms with Gasteiger partial charge in [-0.2, -0.15) is 0 Å². The molecule has 2 aromatic heterocycles. The third-order valence-corrected chi connectivity index (χ3v) is 10.1. The first-order valence-corrected chi connectivity index (χ1v) is 16.9. The molecule has 8 aromatic rings. The zero-order valence-corrected chi connectivity index (χ0v) is 30.4. The fourth-order valence-electron chi connectivity index (χ4n) is 7.69. The van der Waals surface area contributed by atoms with Gasteiger partial charge in [-0.3, -0.25) is 0 Å². The van der Waals surface area contributed by atoms with Gasteiger partial charge in [-0.15, -0.1) is 70.3 Å². The van der Waals surface area contributed by atoms with E-state index in [0.717, 1.165) is 49.8 Å². The summed E-state index contributed by atoms with van der Waals surface area (Å²) in [7, 11) is 0. The predicted octanol–water partition coefficient (Wildman–Crippen LogP) is 11.4. The molecule has 0 unspecified atom stereocenters. The molecule has 0 fully saturated rings. The summed E-state index contributed by atoms with van der Waals surface area (Å²) >= 11 is 0. The molecule has 0 atom stereocenters. The van der Waals surface area contributed by atoms with Crippen LogP contribution in [0.1, 0.15) is 48.6 Å². The maximum absolute atomic E-state index is 4.99. The summed E-state index contributed by atoms with van der Waals surface area (Å²) in [6.45, 7) is 6.85. The van der Waals surface area contributed by atoms with Gasteiger partial charge < -0.3 is 9.97 Å². The Kier molecular flexibility index (Phi) is 7.89. The molecular weight excluding hydrogens is 788 g/mol. The molecule has 0 saturated heterocycles. The smallest absolute Gasteiger partial charge is 0.304 e. The molecule has 3 heteroatoms. The predicted molar refractivity (Wildman–Crippen MR) is 202 cm³/mol. The van der Waals surface area contributed by atoms with Crippen LogP contribution in [0.15, 0.2) is 152 Å². The van der Waals surface area contributed by atoms with E-state index in [1.807, 2.05) is 12.4 Å². The van der Waals surface area contributed by atoms with Crippen LogP contribution < -0.4 is 0 Å². The minimum absolute atomic E-state index is 0. The Hall–Kier alpha value is -5.17. The number of fused-ring (bicyclic) bond motifs is 5. The van der Waals surface area contributed by atoms with Gasteiger partial charge in [0.1, 0.15) is 0 Å².